The lowest BCUT2D eigenvalue weighted by Crippen LogP contribution is -2.34. The van der Waals surface area contributed by atoms with Crippen molar-refractivity contribution in [3.63, 3.8) is 0 Å². The zero-order chi connectivity index (χ0) is 11.5. The molecule has 16 heavy (non-hydrogen) atoms. The molecule has 0 radical (unpaired) electrons. The Hall–Kier alpha value is 0.380. The van der Waals surface area contributed by atoms with Crippen molar-refractivity contribution in [1.82, 2.24) is 0 Å². The SMILES string of the molecule is CC1(C)OC[C@H]([C@H]2OC(=C(Br)Br)[C@H]3O[C@@H]23)O1. The van der Waals surface area contributed by atoms with Crippen LogP contribution in [0.1, 0.15) is 13.8 Å². The Labute approximate surface area is 111 Å². The molecule has 0 aromatic rings. The van der Waals surface area contributed by atoms with E-state index in [9.17, 15) is 0 Å². The first kappa shape index (κ1) is 11.5. The number of ether oxygens (including phenoxy) is 4. The summed E-state index contributed by atoms with van der Waals surface area (Å²) in [6.45, 7) is 4.37. The first-order chi connectivity index (χ1) is 7.48. The van der Waals surface area contributed by atoms with Gasteiger partial charge in [0, 0.05) is 0 Å². The van der Waals surface area contributed by atoms with Crippen LogP contribution in [-0.2, 0) is 18.9 Å². The van der Waals surface area contributed by atoms with Crippen LogP contribution in [0.15, 0.2) is 9.15 Å². The van der Waals surface area contributed by atoms with E-state index in [1.165, 1.54) is 0 Å². The van der Waals surface area contributed by atoms with Crippen molar-refractivity contribution < 1.29 is 18.9 Å². The molecule has 0 bridgehead atoms. The Morgan fingerprint density at radius 3 is 2.56 bits per heavy atom. The van der Waals surface area contributed by atoms with Crippen LogP contribution in [-0.4, -0.2) is 36.8 Å². The van der Waals surface area contributed by atoms with Crippen molar-refractivity contribution in [3.05, 3.63) is 9.15 Å². The molecule has 6 heteroatoms. The van der Waals surface area contributed by atoms with Gasteiger partial charge >= 0.3 is 0 Å². The highest BCUT2D eigenvalue weighted by Crippen LogP contribution is 2.48. The van der Waals surface area contributed by atoms with Crippen LogP contribution in [0.4, 0.5) is 0 Å². The molecule has 0 spiro atoms. The zero-order valence-electron chi connectivity index (χ0n) is 8.91. The predicted octanol–water partition coefficient (Wildman–Crippen LogP) is 2.26. The molecule has 0 saturated carbocycles. The van der Waals surface area contributed by atoms with Gasteiger partial charge in [0.15, 0.2) is 11.9 Å². The molecule has 3 aliphatic heterocycles. The fraction of sp³-hybridized carbons (Fsp3) is 0.800. The highest BCUT2D eigenvalue weighted by molar-refractivity contribution is 9.28. The Morgan fingerprint density at radius 1 is 1.31 bits per heavy atom. The molecule has 3 fully saturated rings. The molecule has 4 atom stereocenters. The standard InChI is InChI=1S/C10H12Br2O4/c1-10(2)13-3-4(16-10)5-6-7(15-6)8(14-5)9(11)12/h4-7H,3H2,1-2H3/t4-,5-,6+,7+/m1/s1. The van der Waals surface area contributed by atoms with Crippen LogP contribution in [0, 0.1) is 0 Å². The fourth-order valence-electron chi connectivity index (χ4n) is 2.18. The van der Waals surface area contributed by atoms with E-state index in [1.807, 2.05) is 13.8 Å². The van der Waals surface area contributed by atoms with Gasteiger partial charge in [0.05, 0.1) is 6.61 Å². The minimum atomic E-state index is -0.517. The van der Waals surface area contributed by atoms with E-state index < -0.39 is 5.79 Å². The maximum atomic E-state index is 5.82. The first-order valence-corrected chi connectivity index (χ1v) is 6.75. The van der Waals surface area contributed by atoms with Crippen LogP contribution in [0.25, 0.3) is 0 Å². The van der Waals surface area contributed by atoms with Crippen LogP contribution >= 0.6 is 31.9 Å². The van der Waals surface area contributed by atoms with Gasteiger partial charge in [0.2, 0.25) is 0 Å². The topological polar surface area (TPSA) is 40.2 Å². The van der Waals surface area contributed by atoms with Crippen LogP contribution in [0.2, 0.25) is 0 Å². The molecule has 3 rings (SSSR count). The molecule has 3 saturated heterocycles. The molecule has 3 aliphatic rings. The quantitative estimate of drug-likeness (QED) is 0.676. The van der Waals surface area contributed by atoms with E-state index in [0.717, 1.165) is 9.15 Å². The molecule has 0 aliphatic carbocycles. The Balaban J connectivity index is 1.73. The van der Waals surface area contributed by atoms with E-state index in [1.54, 1.807) is 0 Å². The number of rotatable bonds is 1. The molecule has 90 valence electrons. The summed E-state index contributed by atoms with van der Waals surface area (Å²) >= 11 is 6.69. The molecular formula is C10H12Br2O4. The summed E-state index contributed by atoms with van der Waals surface area (Å²) < 4.78 is 23.5. The molecule has 0 amide bonds. The van der Waals surface area contributed by atoms with Crippen molar-refractivity contribution in [1.29, 1.82) is 0 Å². The summed E-state index contributed by atoms with van der Waals surface area (Å²) in [5, 5.41) is 0. The maximum absolute atomic E-state index is 5.82. The lowest BCUT2D eigenvalue weighted by molar-refractivity contribution is -0.153. The smallest absolute Gasteiger partial charge is 0.163 e. The number of epoxide rings is 1. The monoisotopic (exact) mass is 354 g/mol. The molecule has 4 nitrogen and oxygen atoms in total. The lowest BCUT2D eigenvalue weighted by Gasteiger charge is -2.21. The number of hydrogen-bond donors (Lipinski definition) is 0. The number of hydrogen-bond acceptors (Lipinski definition) is 4. The van der Waals surface area contributed by atoms with Gasteiger partial charge in [-0.3, -0.25) is 0 Å². The Morgan fingerprint density at radius 2 is 2.06 bits per heavy atom. The molecule has 0 unspecified atom stereocenters. The van der Waals surface area contributed by atoms with Crippen molar-refractivity contribution in [2.75, 3.05) is 6.61 Å². The van der Waals surface area contributed by atoms with Gasteiger partial charge in [-0.15, -0.1) is 0 Å². The Bertz CT molecular complexity index is 351. The summed E-state index contributed by atoms with van der Waals surface area (Å²) in [5.74, 6) is 0.305. The molecule has 0 aromatic heterocycles. The third kappa shape index (κ3) is 1.84. The predicted molar refractivity (Wildman–Crippen MR) is 63.3 cm³/mol. The summed E-state index contributed by atoms with van der Waals surface area (Å²) in [4.78, 5) is 0. The van der Waals surface area contributed by atoms with Gasteiger partial charge in [0.25, 0.3) is 0 Å². The number of fused-ring (bicyclic) bond motifs is 1. The van der Waals surface area contributed by atoms with E-state index in [2.05, 4.69) is 31.9 Å². The maximum Gasteiger partial charge on any atom is 0.163 e. The van der Waals surface area contributed by atoms with Crippen LogP contribution in [0.5, 0.6) is 0 Å². The molecule has 0 aromatic carbocycles. The zero-order valence-corrected chi connectivity index (χ0v) is 12.1. The van der Waals surface area contributed by atoms with Gasteiger partial charge in [-0.25, -0.2) is 0 Å². The summed E-state index contributed by atoms with van der Waals surface area (Å²) in [6.07, 6.45) is 0.0717. The molecular weight excluding hydrogens is 344 g/mol. The average molecular weight is 356 g/mol. The molecule has 3 heterocycles. The van der Waals surface area contributed by atoms with Crippen LogP contribution < -0.4 is 0 Å². The molecule has 0 N–H and O–H groups in total. The van der Waals surface area contributed by atoms with E-state index in [0.29, 0.717) is 6.61 Å². The Kier molecular flexibility index (Phi) is 2.64. The third-order valence-electron chi connectivity index (χ3n) is 2.95. The van der Waals surface area contributed by atoms with Gasteiger partial charge in [-0.2, -0.15) is 0 Å². The minimum Gasteiger partial charge on any atom is -0.484 e. The van der Waals surface area contributed by atoms with Crippen LogP contribution in [0.3, 0.4) is 0 Å². The van der Waals surface area contributed by atoms with Gasteiger partial charge in [-0.1, -0.05) is 0 Å². The highest BCUT2D eigenvalue weighted by atomic mass is 79.9. The van der Waals surface area contributed by atoms with Crippen molar-refractivity contribution in [2.24, 2.45) is 0 Å². The van der Waals surface area contributed by atoms with E-state index in [-0.39, 0.29) is 24.4 Å². The minimum absolute atomic E-state index is 0.0538. The van der Waals surface area contributed by atoms with Gasteiger partial charge < -0.3 is 18.9 Å². The largest absolute Gasteiger partial charge is 0.484 e. The second-order valence-corrected chi connectivity index (χ2v) is 7.25. The summed E-state index contributed by atoms with van der Waals surface area (Å²) in [7, 11) is 0. The van der Waals surface area contributed by atoms with Gasteiger partial charge in [-0.05, 0) is 45.7 Å². The first-order valence-electron chi connectivity index (χ1n) is 5.17. The third-order valence-corrected chi connectivity index (χ3v) is 3.74. The van der Waals surface area contributed by atoms with E-state index >= 15 is 0 Å². The fourth-order valence-corrected chi connectivity index (χ4v) is 2.82. The summed E-state index contributed by atoms with van der Waals surface area (Å²) in [6, 6.07) is 0. The van der Waals surface area contributed by atoms with Crippen molar-refractivity contribution in [2.45, 2.75) is 44.1 Å². The van der Waals surface area contributed by atoms with Gasteiger partial charge in [0.1, 0.15) is 27.5 Å². The average Bonchev–Trinajstić information content (AvgIpc) is 2.73. The van der Waals surface area contributed by atoms with Crippen molar-refractivity contribution in [3.8, 4) is 0 Å². The highest BCUT2D eigenvalue weighted by Gasteiger charge is 2.61. The van der Waals surface area contributed by atoms with E-state index in [4.69, 9.17) is 18.9 Å². The normalized spacial score (nSPS) is 44.1. The second kappa shape index (κ2) is 3.68. The lowest BCUT2D eigenvalue weighted by atomic mass is 10.1. The van der Waals surface area contributed by atoms with Crippen molar-refractivity contribution >= 4 is 31.9 Å². The second-order valence-electron chi connectivity index (χ2n) is 4.60. The number of halogens is 2. The summed E-state index contributed by atoms with van der Waals surface area (Å²) in [5.41, 5.74) is 0.